The van der Waals surface area contributed by atoms with E-state index in [4.69, 9.17) is 10.2 Å². The molecule has 0 atom stereocenters. The van der Waals surface area contributed by atoms with Crippen LogP contribution in [0, 0.1) is 0 Å². The molecule has 1 heterocycles. The topological polar surface area (TPSA) is 59.5 Å². The van der Waals surface area contributed by atoms with Crippen LogP contribution >= 0.6 is 0 Å². The minimum Gasteiger partial charge on any atom is -0.456 e. The van der Waals surface area contributed by atoms with Crippen LogP contribution in [0.5, 0.6) is 0 Å². The van der Waals surface area contributed by atoms with Crippen molar-refractivity contribution in [2.24, 2.45) is 5.73 Å². The summed E-state index contributed by atoms with van der Waals surface area (Å²) in [6.45, 7) is 4.93. The number of hydrogen-bond donors (Lipinski definition) is 1. The molecule has 1 saturated carbocycles. The Morgan fingerprint density at radius 2 is 2.00 bits per heavy atom. The molecule has 4 nitrogen and oxygen atoms in total. The lowest BCUT2D eigenvalue weighted by atomic mass is 9.90. The van der Waals surface area contributed by atoms with Gasteiger partial charge in [0.1, 0.15) is 5.76 Å². The van der Waals surface area contributed by atoms with Gasteiger partial charge in [-0.1, -0.05) is 13.8 Å². The predicted octanol–water partition coefficient (Wildman–Crippen LogP) is 2.96. The van der Waals surface area contributed by atoms with Gasteiger partial charge in [-0.05, 0) is 44.2 Å². The lowest BCUT2D eigenvalue weighted by Gasteiger charge is -2.35. The van der Waals surface area contributed by atoms with Gasteiger partial charge in [0, 0.05) is 25.0 Å². The van der Waals surface area contributed by atoms with E-state index in [1.807, 2.05) is 17.9 Å². The maximum atomic E-state index is 12.6. The molecule has 4 heteroatoms. The van der Waals surface area contributed by atoms with E-state index in [0.29, 0.717) is 17.8 Å². The third-order valence-corrected chi connectivity index (χ3v) is 4.13. The zero-order valence-electron chi connectivity index (χ0n) is 12.6. The van der Waals surface area contributed by atoms with E-state index in [0.717, 1.165) is 50.8 Å². The van der Waals surface area contributed by atoms with Crippen molar-refractivity contribution in [3.8, 4) is 0 Å². The van der Waals surface area contributed by atoms with Gasteiger partial charge < -0.3 is 15.1 Å². The number of carbonyl (C=O) groups is 1. The molecular formula is C16H26N2O2. The molecule has 1 aliphatic carbocycles. The average molecular weight is 278 g/mol. The van der Waals surface area contributed by atoms with Crippen LogP contribution < -0.4 is 5.73 Å². The van der Waals surface area contributed by atoms with E-state index in [-0.39, 0.29) is 5.91 Å². The van der Waals surface area contributed by atoms with Gasteiger partial charge in [0.05, 0.1) is 0 Å². The van der Waals surface area contributed by atoms with Gasteiger partial charge in [-0.2, -0.15) is 0 Å². The molecule has 0 bridgehead atoms. The van der Waals surface area contributed by atoms with Crippen LogP contribution in [0.3, 0.4) is 0 Å². The highest BCUT2D eigenvalue weighted by Gasteiger charge is 2.29. The first-order valence-electron chi connectivity index (χ1n) is 7.81. The van der Waals surface area contributed by atoms with E-state index < -0.39 is 0 Å². The second-order valence-electron chi connectivity index (χ2n) is 5.69. The highest BCUT2D eigenvalue weighted by molar-refractivity contribution is 5.91. The van der Waals surface area contributed by atoms with E-state index in [2.05, 4.69) is 6.92 Å². The van der Waals surface area contributed by atoms with Crippen LogP contribution in [0.1, 0.15) is 62.3 Å². The fourth-order valence-electron chi connectivity index (χ4n) is 2.93. The summed E-state index contributed by atoms with van der Waals surface area (Å²) in [6, 6.07) is 4.32. The SMILES string of the molecule is CCCN(C(=O)c1ccc(CC)o1)C1CCC(N)CC1. The van der Waals surface area contributed by atoms with Gasteiger partial charge in [0.15, 0.2) is 5.76 Å². The highest BCUT2D eigenvalue weighted by atomic mass is 16.4. The number of hydrogen-bond acceptors (Lipinski definition) is 3. The number of rotatable bonds is 5. The molecule has 0 aliphatic heterocycles. The number of nitrogens with two attached hydrogens (primary N) is 1. The number of aryl methyl sites for hydroxylation is 1. The van der Waals surface area contributed by atoms with E-state index in [1.54, 1.807) is 6.07 Å². The summed E-state index contributed by atoms with van der Waals surface area (Å²) in [4.78, 5) is 14.6. The Hall–Kier alpha value is -1.29. The molecule has 1 amide bonds. The first-order valence-corrected chi connectivity index (χ1v) is 7.81. The van der Waals surface area contributed by atoms with Crippen LogP contribution in [-0.2, 0) is 6.42 Å². The molecule has 0 saturated heterocycles. The molecule has 2 N–H and O–H groups in total. The van der Waals surface area contributed by atoms with Gasteiger partial charge in [-0.15, -0.1) is 0 Å². The minimum atomic E-state index is 0.0343. The molecule has 1 aromatic heterocycles. The van der Waals surface area contributed by atoms with Gasteiger partial charge in [-0.3, -0.25) is 4.79 Å². The predicted molar refractivity (Wildman–Crippen MR) is 79.6 cm³/mol. The number of nitrogens with zero attached hydrogens (tertiary/aromatic N) is 1. The number of amides is 1. The molecular weight excluding hydrogens is 252 g/mol. The van der Waals surface area contributed by atoms with Crippen molar-refractivity contribution in [1.29, 1.82) is 0 Å². The van der Waals surface area contributed by atoms with Crippen molar-refractivity contribution in [2.75, 3.05) is 6.54 Å². The quantitative estimate of drug-likeness (QED) is 0.900. The monoisotopic (exact) mass is 278 g/mol. The summed E-state index contributed by atoms with van der Waals surface area (Å²) < 4.78 is 5.62. The Kier molecular flexibility index (Phi) is 5.24. The largest absolute Gasteiger partial charge is 0.456 e. The molecule has 2 rings (SSSR count). The molecule has 1 fully saturated rings. The van der Waals surface area contributed by atoms with Crippen LogP contribution in [-0.4, -0.2) is 29.4 Å². The average Bonchev–Trinajstić information content (AvgIpc) is 2.94. The Morgan fingerprint density at radius 3 is 2.55 bits per heavy atom. The van der Waals surface area contributed by atoms with Crippen LogP contribution in [0.15, 0.2) is 16.5 Å². The summed E-state index contributed by atoms with van der Waals surface area (Å²) in [5.41, 5.74) is 5.96. The molecule has 0 aromatic carbocycles. The van der Waals surface area contributed by atoms with Crippen molar-refractivity contribution < 1.29 is 9.21 Å². The highest BCUT2D eigenvalue weighted by Crippen LogP contribution is 2.24. The smallest absolute Gasteiger partial charge is 0.289 e. The summed E-state index contributed by atoms with van der Waals surface area (Å²) in [5, 5.41) is 0. The number of furan rings is 1. The van der Waals surface area contributed by atoms with Crippen LogP contribution in [0.4, 0.5) is 0 Å². The summed E-state index contributed by atoms with van der Waals surface area (Å²) in [6.07, 6.45) is 5.82. The zero-order chi connectivity index (χ0) is 14.5. The second kappa shape index (κ2) is 6.93. The van der Waals surface area contributed by atoms with E-state index in [1.165, 1.54) is 0 Å². The van der Waals surface area contributed by atoms with Crippen molar-refractivity contribution in [1.82, 2.24) is 4.90 Å². The fourth-order valence-corrected chi connectivity index (χ4v) is 2.93. The molecule has 0 radical (unpaired) electrons. The van der Waals surface area contributed by atoms with Crippen molar-refractivity contribution in [3.63, 3.8) is 0 Å². The fraction of sp³-hybridized carbons (Fsp3) is 0.688. The van der Waals surface area contributed by atoms with Gasteiger partial charge >= 0.3 is 0 Å². The molecule has 0 unspecified atom stereocenters. The van der Waals surface area contributed by atoms with E-state index >= 15 is 0 Å². The molecule has 1 aliphatic rings. The number of carbonyl (C=O) groups excluding carboxylic acids is 1. The summed E-state index contributed by atoms with van der Waals surface area (Å²) in [7, 11) is 0. The molecule has 112 valence electrons. The maximum absolute atomic E-state index is 12.6. The van der Waals surface area contributed by atoms with Crippen molar-refractivity contribution >= 4 is 5.91 Å². The van der Waals surface area contributed by atoms with Crippen LogP contribution in [0.2, 0.25) is 0 Å². The third-order valence-electron chi connectivity index (χ3n) is 4.13. The Balaban J connectivity index is 2.08. The minimum absolute atomic E-state index is 0.0343. The van der Waals surface area contributed by atoms with Gasteiger partial charge in [-0.25, -0.2) is 0 Å². The van der Waals surface area contributed by atoms with Gasteiger partial charge in [0.25, 0.3) is 5.91 Å². The standard InChI is InChI=1S/C16H26N2O2/c1-3-11-18(13-7-5-12(17)6-8-13)16(19)15-10-9-14(4-2)20-15/h9-10,12-13H,3-8,11,17H2,1-2H3. The van der Waals surface area contributed by atoms with Crippen molar-refractivity contribution in [2.45, 2.75) is 64.5 Å². The normalized spacial score (nSPS) is 22.8. The first-order chi connectivity index (χ1) is 9.65. The lowest BCUT2D eigenvalue weighted by Crippen LogP contribution is -2.44. The van der Waals surface area contributed by atoms with Gasteiger partial charge in [0.2, 0.25) is 0 Å². The summed E-state index contributed by atoms with van der Waals surface area (Å²) >= 11 is 0. The molecule has 1 aromatic rings. The zero-order valence-corrected chi connectivity index (χ0v) is 12.6. The third kappa shape index (κ3) is 3.42. The maximum Gasteiger partial charge on any atom is 0.289 e. The van der Waals surface area contributed by atoms with Crippen LogP contribution in [0.25, 0.3) is 0 Å². The Bertz CT molecular complexity index is 433. The Morgan fingerprint density at radius 1 is 1.30 bits per heavy atom. The summed E-state index contributed by atoms with van der Waals surface area (Å²) in [5.74, 6) is 1.38. The lowest BCUT2D eigenvalue weighted by molar-refractivity contribution is 0.0592. The Labute approximate surface area is 121 Å². The first kappa shape index (κ1) is 15.1. The molecule has 20 heavy (non-hydrogen) atoms. The second-order valence-corrected chi connectivity index (χ2v) is 5.69. The van der Waals surface area contributed by atoms with Crippen molar-refractivity contribution in [3.05, 3.63) is 23.7 Å². The molecule has 0 spiro atoms. The van der Waals surface area contributed by atoms with E-state index in [9.17, 15) is 4.79 Å².